The van der Waals surface area contributed by atoms with E-state index in [4.69, 9.17) is 10.3 Å². The number of hydrogen-bond acceptors (Lipinski definition) is 5. The molecule has 1 heterocycles. The molecule has 21 heavy (non-hydrogen) atoms. The zero-order chi connectivity index (χ0) is 15.0. The van der Waals surface area contributed by atoms with Crippen LogP contribution in [0.5, 0.6) is 5.75 Å². The monoisotopic (exact) mass is 345 g/mol. The average Bonchev–Trinajstić information content (AvgIpc) is 2.91. The third-order valence-corrected chi connectivity index (χ3v) is 3.72. The van der Waals surface area contributed by atoms with Gasteiger partial charge in [-0.25, -0.2) is 0 Å². The molecule has 5 nitrogen and oxygen atoms in total. The van der Waals surface area contributed by atoms with Crippen molar-refractivity contribution in [3.05, 3.63) is 46.4 Å². The van der Waals surface area contributed by atoms with E-state index in [2.05, 4.69) is 26.1 Å². The molecule has 6 heteroatoms. The number of halogens is 1. The number of benzene rings is 2. The highest BCUT2D eigenvalue weighted by molar-refractivity contribution is 9.10. The van der Waals surface area contributed by atoms with E-state index in [0.29, 0.717) is 23.0 Å². The van der Waals surface area contributed by atoms with Gasteiger partial charge in [0.1, 0.15) is 5.75 Å². The lowest BCUT2D eigenvalue weighted by Gasteiger charge is -2.00. The fourth-order valence-electron chi connectivity index (χ4n) is 1.93. The summed E-state index contributed by atoms with van der Waals surface area (Å²) in [4.78, 5) is 4.35. The van der Waals surface area contributed by atoms with E-state index >= 15 is 0 Å². The maximum absolute atomic E-state index is 9.64. The third-order valence-electron chi connectivity index (χ3n) is 3.07. The number of rotatable bonds is 2. The van der Waals surface area contributed by atoms with Crippen molar-refractivity contribution >= 4 is 21.6 Å². The molecule has 0 atom stereocenters. The fourth-order valence-corrected chi connectivity index (χ4v) is 2.60. The zero-order valence-corrected chi connectivity index (χ0v) is 12.8. The van der Waals surface area contributed by atoms with Crippen LogP contribution in [0.1, 0.15) is 5.56 Å². The first kappa shape index (κ1) is 13.6. The largest absolute Gasteiger partial charge is 0.506 e. The molecule has 0 aliphatic heterocycles. The van der Waals surface area contributed by atoms with Crippen molar-refractivity contribution < 1.29 is 9.63 Å². The topological polar surface area (TPSA) is 85.2 Å². The Hall–Kier alpha value is -2.34. The number of anilines is 1. The summed E-state index contributed by atoms with van der Waals surface area (Å²) >= 11 is 3.49. The molecule has 3 aromatic rings. The lowest BCUT2D eigenvalue weighted by molar-refractivity contribution is 0.431. The molecule has 0 radical (unpaired) electrons. The van der Waals surface area contributed by atoms with Gasteiger partial charge in [0.15, 0.2) is 0 Å². The van der Waals surface area contributed by atoms with E-state index in [-0.39, 0.29) is 5.75 Å². The Morgan fingerprint density at radius 1 is 1.19 bits per heavy atom. The Balaban J connectivity index is 2.01. The van der Waals surface area contributed by atoms with E-state index in [9.17, 15) is 5.11 Å². The van der Waals surface area contributed by atoms with Crippen LogP contribution in [-0.4, -0.2) is 15.2 Å². The van der Waals surface area contributed by atoms with Crippen LogP contribution in [0, 0.1) is 6.92 Å². The van der Waals surface area contributed by atoms with Crippen molar-refractivity contribution in [1.82, 2.24) is 10.1 Å². The molecule has 1 aromatic heterocycles. The third kappa shape index (κ3) is 2.62. The number of nitrogen functional groups attached to an aromatic ring is 1. The number of aryl methyl sites for hydroxylation is 1. The molecule has 3 N–H and O–H groups in total. The molecule has 106 valence electrons. The van der Waals surface area contributed by atoms with Crippen molar-refractivity contribution in [2.75, 3.05) is 5.73 Å². The zero-order valence-electron chi connectivity index (χ0n) is 11.2. The van der Waals surface area contributed by atoms with Gasteiger partial charge in [-0.05, 0) is 42.8 Å². The first-order valence-electron chi connectivity index (χ1n) is 6.23. The number of aromatic hydroxyl groups is 1. The van der Waals surface area contributed by atoms with E-state index in [1.165, 1.54) is 6.07 Å². The van der Waals surface area contributed by atoms with Crippen LogP contribution in [0.2, 0.25) is 0 Å². The fraction of sp³-hybridized carbons (Fsp3) is 0.0667. The summed E-state index contributed by atoms with van der Waals surface area (Å²) in [5, 5.41) is 13.6. The Morgan fingerprint density at radius 2 is 2.00 bits per heavy atom. The minimum atomic E-state index is -0.0104. The highest BCUT2D eigenvalue weighted by Crippen LogP contribution is 2.31. The summed E-state index contributed by atoms with van der Waals surface area (Å²) in [6, 6.07) is 10.7. The molecule has 2 aromatic carbocycles. The highest BCUT2D eigenvalue weighted by Gasteiger charge is 2.14. The van der Waals surface area contributed by atoms with Crippen LogP contribution in [0.25, 0.3) is 22.8 Å². The maximum atomic E-state index is 9.64. The molecule has 0 amide bonds. The molecular weight excluding hydrogens is 334 g/mol. The number of aromatic nitrogens is 2. The van der Waals surface area contributed by atoms with Crippen LogP contribution in [0.4, 0.5) is 5.69 Å². The van der Waals surface area contributed by atoms with Gasteiger partial charge in [-0.15, -0.1) is 0 Å². The molecular formula is C15H12BrN3O2. The molecule has 0 saturated carbocycles. The number of nitrogens with two attached hydrogens (primary N) is 1. The molecule has 3 rings (SSSR count). The average molecular weight is 346 g/mol. The van der Waals surface area contributed by atoms with Crippen molar-refractivity contribution in [3.63, 3.8) is 0 Å². The van der Waals surface area contributed by atoms with Crippen molar-refractivity contribution in [2.24, 2.45) is 0 Å². The maximum Gasteiger partial charge on any atom is 0.258 e. The van der Waals surface area contributed by atoms with Gasteiger partial charge in [-0.1, -0.05) is 27.2 Å². The van der Waals surface area contributed by atoms with Gasteiger partial charge >= 0.3 is 0 Å². The van der Waals surface area contributed by atoms with E-state index < -0.39 is 0 Å². The summed E-state index contributed by atoms with van der Waals surface area (Å²) < 4.78 is 6.15. The summed E-state index contributed by atoms with van der Waals surface area (Å²) in [6.45, 7) is 2.01. The molecule has 0 saturated heterocycles. The lowest BCUT2D eigenvalue weighted by atomic mass is 10.1. The van der Waals surface area contributed by atoms with Gasteiger partial charge in [-0.3, -0.25) is 0 Å². The number of nitrogens with zero attached hydrogens (tertiary/aromatic N) is 2. The van der Waals surface area contributed by atoms with E-state index in [0.717, 1.165) is 15.6 Å². The molecule has 0 fully saturated rings. The van der Waals surface area contributed by atoms with Gasteiger partial charge in [0.25, 0.3) is 5.89 Å². The number of hydrogen-bond donors (Lipinski definition) is 2. The Kier molecular flexibility index (Phi) is 3.39. The lowest BCUT2D eigenvalue weighted by Crippen LogP contribution is -1.86. The van der Waals surface area contributed by atoms with Gasteiger partial charge in [0, 0.05) is 15.6 Å². The van der Waals surface area contributed by atoms with Crippen LogP contribution in [0.15, 0.2) is 45.4 Å². The molecule has 0 bridgehead atoms. The summed E-state index contributed by atoms with van der Waals surface area (Å²) in [5.74, 6) is 0.796. The predicted octanol–water partition coefficient (Wildman–Crippen LogP) is 3.76. The predicted molar refractivity (Wildman–Crippen MR) is 83.7 cm³/mol. The first-order chi connectivity index (χ1) is 10.0. The quantitative estimate of drug-likeness (QED) is 0.545. The smallest absolute Gasteiger partial charge is 0.258 e. The van der Waals surface area contributed by atoms with Crippen molar-refractivity contribution in [3.8, 4) is 28.6 Å². The first-order valence-corrected chi connectivity index (χ1v) is 7.03. The Labute approximate surface area is 129 Å². The van der Waals surface area contributed by atoms with Crippen molar-refractivity contribution in [1.29, 1.82) is 0 Å². The van der Waals surface area contributed by atoms with Gasteiger partial charge in [0.2, 0.25) is 5.82 Å². The highest BCUT2D eigenvalue weighted by atomic mass is 79.9. The summed E-state index contributed by atoms with van der Waals surface area (Å²) in [6.07, 6.45) is 0. The molecule has 0 aliphatic carbocycles. The normalized spacial score (nSPS) is 10.8. The summed E-state index contributed by atoms with van der Waals surface area (Å²) in [7, 11) is 0. The Morgan fingerprint density at radius 3 is 2.71 bits per heavy atom. The van der Waals surface area contributed by atoms with Crippen molar-refractivity contribution in [2.45, 2.75) is 6.92 Å². The molecule has 0 spiro atoms. The van der Waals surface area contributed by atoms with Crippen LogP contribution in [-0.2, 0) is 0 Å². The Bertz CT molecular complexity index is 814. The van der Waals surface area contributed by atoms with E-state index in [1.54, 1.807) is 12.1 Å². The second-order valence-corrected chi connectivity index (χ2v) is 5.53. The minimum Gasteiger partial charge on any atom is -0.506 e. The SMILES string of the molecule is Cc1ccc(-c2noc(-c3ccc(N)c(O)c3)n2)c(Br)c1. The number of phenolic OH excluding ortho intramolecular Hbond substituents is 1. The van der Waals surface area contributed by atoms with Crippen LogP contribution < -0.4 is 5.73 Å². The minimum absolute atomic E-state index is 0.0104. The second-order valence-electron chi connectivity index (χ2n) is 4.68. The van der Waals surface area contributed by atoms with E-state index in [1.807, 2.05) is 25.1 Å². The number of phenols is 1. The van der Waals surface area contributed by atoms with Gasteiger partial charge < -0.3 is 15.4 Å². The summed E-state index contributed by atoms with van der Waals surface area (Å²) in [5.41, 5.74) is 8.47. The second kappa shape index (κ2) is 5.21. The van der Waals surface area contributed by atoms with Gasteiger partial charge in [-0.2, -0.15) is 4.98 Å². The molecule has 0 aliphatic rings. The standard InChI is InChI=1S/C15H12BrN3O2/c1-8-2-4-10(11(16)6-8)14-18-15(21-19-14)9-3-5-12(17)13(20)7-9/h2-7,20H,17H2,1H3. The van der Waals surface area contributed by atoms with Gasteiger partial charge in [0.05, 0.1) is 5.69 Å². The van der Waals surface area contributed by atoms with Crippen LogP contribution in [0.3, 0.4) is 0 Å². The molecule has 0 unspecified atom stereocenters. The van der Waals surface area contributed by atoms with Crippen LogP contribution >= 0.6 is 15.9 Å².